The summed E-state index contributed by atoms with van der Waals surface area (Å²) >= 11 is 3.10. The largest absolute Gasteiger partial charge is 0.353 e. The molecule has 0 spiro atoms. The van der Waals surface area contributed by atoms with E-state index in [1.165, 1.54) is 17.3 Å². The number of nitrogens with one attached hydrogen (secondary N) is 1. The molecule has 1 N–H and O–H groups in total. The van der Waals surface area contributed by atoms with Crippen LogP contribution in [0.3, 0.4) is 0 Å². The highest BCUT2D eigenvalue weighted by Gasteiger charge is 2.21. The Morgan fingerprint density at radius 3 is 2.64 bits per heavy atom. The molecule has 0 aliphatic rings. The first-order chi connectivity index (χ1) is 13.6. The zero-order valence-corrected chi connectivity index (χ0v) is 18.1. The van der Waals surface area contributed by atoms with Crippen LogP contribution in [0.1, 0.15) is 32.8 Å². The second-order valence-electron chi connectivity index (χ2n) is 6.72. The molecular weight excluding hydrogens is 388 g/mol. The number of thioether (sulfide) groups is 1. The highest BCUT2D eigenvalue weighted by molar-refractivity contribution is 8.00. The Labute approximate surface area is 174 Å². The molecule has 0 aliphatic heterocycles. The van der Waals surface area contributed by atoms with Crippen molar-refractivity contribution in [2.45, 2.75) is 56.6 Å². The molecule has 0 bridgehead atoms. The minimum absolute atomic E-state index is 0.0360. The smallest absolute Gasteiger partial charge is 0.233 e. The zero-order valence-electron chi connectivity index (χ0n) is 16.5. The average molecular weight is 415 g/mol. The van der Waals surface area contributed by atoms with Gasteiger partial charge < -0.3 is 9.88 Å². The molecule has 0 unspecified atom stereocenters. The minimum Gasteiger partial charge on any atom is -0.353 e. The van der Waals surface area contributed by atoms with E-state index in [0.29, 0.717) is 0 Å². The molecule has 1 amide bonds. The van der Waals surface area contributed by atoms with Crippen molar-refractivity contribution in [1.82, 2.24) is 20.1 Å². The van der Waals surface area contributed by atoms with Gasteiger partial charge in [0.25, 0.3) is 0 Å². The Kier molecular flexibility index (Phi) is 7.28. The first-order valence-corrected chi connectivity index (χ1v) is 11.3. The molecule has 0 aliphatic carbocycles. The lowest BCUT2D eigenvalue weighted by Crippen LogP contribution is -2.38. The van der Waals surface area contributed by atoms with Crippen molar-refractivity contribution < 1.29 is 4.79 Å². The molecule has 5 nitrogen and oxygen atoms in total. The van der Waals surface area contributed by atoms with Crippen LogP contribution in [0.15, 0.2) is 53.0 Å². The number of benzene rings is 1. The van der Waals surface area contributed by atoms with E-state index in [-0.39, 0.29) is 17.2 Å². The summed E-state index contributed by atoms with van der Waals surface area (Å²) in [7, 11) is 0. The summed E-state index contributed by atoms with van der Waals surface area (Å²) in [4.78, 5) is 13.7. The number of amides is 1. The first kappa shape index (κ1) is 20.6. The maximum atomic E-state index is 12.6. The fourth-order valence-electron chi connectivity index (χ4n) is 2.92. The lowest BCUT2D eigenvalue weighted by molar-refractivity contribution is -0.120. The summed E-state index contributed by atoms with van der Waals surface area (Å²) in [5.74, 6) is 0.901. The number of carbonyl (C=O) groups excluding carboxylic acids is 1. The highest BCUT2D eigenvalue weighted by atomic mass is 32.2. The number of hydrogen-bond acceptors (Lipinski definition) is 5. The molecule has 2 aromatic heterocycles. The van der Waals surface area contributed by atoms with Crippen molar-refractivity contribution >= 4 is 29.0 Å². The monoisotopic (exact) mass is 414 g/mol. The first-order valence-electron chi connectivity index (χ1n) is 9.56. The number of aromatic nitrogens is 3. The Hall–Kier alpha value is -2.12. The predicted octanol–water partition coefficient (Wildman–Crippen LogP) is 4.64. The fraction of sp³-hybridized carbons (Fsp3) is 0.381. The molecule has 0 saturated heterocycles. The fourth-order valence-corrected chi connectivity index (χ4v) is 4.56. The van der Waals surface area contributed by atoms with Crippen LogP contribution in [0.25, 0.3) is 10.7 Å². The minimum atomic E-state index is -0.232. The van der Waals surface area contributed by atoms with Crippen LogP contribution < -0.4 is 5.32 Å². The van der Waals surface area contributed by atoms with E-state index in [4.69, 9.17) is 0 Å². The van der Waals surface area contributed by atoms with Crippen molar-refractivity contribution in [2.24, 2.45) is 0 Å². The molecule has 2 atom stereocenters. The van der Waals surface area contributed by atoms with Gasteiger partial charge in [-0.05, 0) is 50.6 Å². The Bertz CT molecular complexity index is 877. The molecule has 148 valence electrons. The second-order valence-corrected chi connectivity index (χ2v) is 8.98. The van der Waals surface area contributed by atoms with Gasteiger partial charge in [0.1, 0.15) is 0 Å². The van der Waals surface area contributed by atoms with Crippen molar-refractivity contribution in [1.29, 1.82) is 0 Å². The van der Waals surface area contributed by atoms with Crippen LogP contribution in [-0.2, 0) is 17.8 Å². The molecule has 3 rings (SSSR count). The van der Waals surface area contributed by atoms with Crippen LogP contribution in [0.2, 0.25) is 0 Å². The molecular formula is C21H26N4OS2. The van der Waals surface area contributed by atoms with Gasteiger partial charge in [-0.2, -0.15) is 0 Å². The average Bonchev–Trinajstić information content (AvgIpc) is 3.36. The third-order valence-electron chi connectivity index (χ3n) is 4.52. The Balaban J connectivity index is 1.55. The van der Waals surface area contributed by atoms with Gasteiger partial charge in [-0.3, -0.25) is 4.79 Å². The molecule has 0 saturated carbocycles. The third kappa shape index (κ3) is 5.23. The maximum absolute atomic E-state index is 12.6. The van der Waals surface area contributed by atoms with Gasteiger partial charge in [-0.15, -0.1) is 21.5 Å². The van der Waals surface area contributed by atoms with Crippen LogP contribution >= 0.6 is 23.1 Å². The molecule has 3 aromatic rings. The van der Waals surface area contributed by atoms with Crippen molar-refractivity contribution in [3.63, 3.8) is 0 Å². The number of carbonyl (C=O) groups is 1. The van der Waals surface area contributed by atoms with E-state index >= 15 is 0 Å². The summed E-state index contributed by atoms with van der Waals surface area (Å²) in [5, 5.41) is 14.4. The maximum Gasteiger partial charge on any atom is 0.233 e. The number of nitrogens with zero attached hydrogens (tertiary/aromatic N) is 3. The SMILES string of the molecule is CCn1c(S[C@@H](C)C(=O)N[C@@H](C)CCc2ccccc2)nnc1-c1cccs1. The summed E-state index contributed by atoms with van der Waals surface area (Å²) in [5.41, 5.74) is 1.29. The molecule has 0 fully saturated rings. The highest BCUT2D eigenvalue weighted by Crippen LogP contribution is 2.29. The number of thiophene rings is 1. The number of hydrogen-bond donors (Lipinski definition) is 1. The van der Waals surface area contributed by atoms with E-state index in [1.54, 1.807) is 11.3 Å². The van der Waals surface area contributed by atoms with Gasteiger partial charge in [0.15, 0.2) is 11.0 Å². The van der Waals surface area contributed by atoms with E-state index in [9.17, 15) is 4.79 Å². The second kappa shape index (κ2) is 9.89. The topological polar surface area (TPSA) is 59.8 Å². The van der Waals surface area contributed by atoms with Crippen molar-refractivity contribution in [2.75, 3.05) is 0 Å². The summed E-state index contributed by atoms with van der Waals surface area (Å²) < 4.78 is 2.07. The summed E-state index contributed by atoms with van der Waals surface area (Å²) in [6.07, 6.45) is 1.87. The van der Waals surface area contributed by atoms with E-state index in [0.717, 1.165) is 35.2 Å². The number of aryl methyl sites for hydroxylation is 1. The molecule has 7 heteroatoms. The standard InChI is InChI=1S/C21H26N4OS2/c1-4-25-19(18-11-8-14-27-18)23-24-21(25)28-16(3)20(26)22-15(2)12-13-17-9-6-5-7-10-17/h5-11,14-16H,4,12-13H2,1-3H3,(H,22,26)/t15-,16-/m0/s1. The van der Waals surface area contributed by atoms with Gasteiger partial charge in [0.05, 0.1) is 10.1 Å². The van der Waals surface area contributed by atoms with Crippen LogP contribution in [0.4, 0.5) is 0 Å². The lowest BCUT2D eigenvalue weighted by atomic mass is 10.1. The third-order valence-corrected chi connectivity index (χ3v) is 6.47. The predicted molar refractivity (Wildman–Crippen MR) is 117 cm³/mol. The summed E-state index contributed by atoms with van der Waals surface area (Å²) in [6.45, 7) is 6.82. The van der Waals surface area contributed by atoms with E-state index in [2.05, 4.69) is 46.1 Å². The van der Waals surface area contributed by atoms with Gasteiger partial charge in [0.2, 0.25) is 5.91 Å². The van der Waals surface area contributed by atoms with Crippen LogP contribution in [-0.4, -0.2) is 32.0 Å². The normalized spacial score (nSPS) is 13.2. The van der Waals surface area contributed by atoms with Crippen LogP contribution in [0, 0.1) is 0 Å². The van der Waals surface area contributed by atoms with Crippen LogP contribution in [0.5, 0.6) is 0 Å². The molecule has 1 aromatic carbocycles. The number of rotatable bonds is 9. The summed E-state index contributed by atoms with van der Waals surface area (Å²) in [6, 6.07) is 14.5. The zero-order chi connectivity index (χ0) is 19.9. The van der Waals surface area contributed by atoms with Gasteiger partial charge in [-0.25, -0.2) is 0 Å². The molecule has 2 heterocycles. The lowest BCUT2D eigenvalue weighted by Gasteiger charge is -2.17. The van der Waals surface area contributed by atoms with E-state index in [1.807, 2.05) is 42.6 Å². The molecule has 0 radical (unpaired) electrons. The van der Waals surface area contributed by atoms with E-state index < -0.39 is 0 Å². The van der Waals surface area contributed by atoms with Gasteiger partial charge >= 0.3 is 0 Å². The van der Waals surface area contributed by atoms with Gasteiger partial charge in [0, 0.05) is 12.6 Å². The Morgan fingerprint density at radius 2 is 1.96 bits per heavy atom. The van der Waals surface area contributed by atoms with Crippen molar-refractivity contribution in [3.05, 3.63) is 53.4 Å². The van der Waals surface area contributed by atoms with Crippen molar-refractivity contribution in [3.8, 4) is 10.7 Å². The van der Waals surface area contributed by atoms with Gasteiger partial charge in [-0.1, -0.05) is 48.2 Å². The quantitative estimate of drug-likeness (QED) is 0.518. The Morgan fingerprint density at radius 1 is 1.18 bits per heavy atom. The molecule has 28 heavy (non-hydrogen) atoms.